The van der Waals surface area contributed by atoms with Crippen LogP contribution in [0.1, 0.15) is 17.7 Å². The number of nitrogens with one attached hydrogen (secondary N) is 3. The van der Waals surface area contributed by atoms with Crippen molar-refractivity contribution in [3.05, 3.63) is 64.9 Å². The lowest BCUT2D eigenvalue weighted by Gasteiger charge is -2.26. The van der Waals surface area contributed by atoms with Gasteiger partial charge in [-0.05, 0) is 49.7 Å². The van der Waals surface area contributed by atoms with Gasteiger partial charge < -0.3 is 10.6 Å². The molecule has 1 fully saturated rings. The van der Waals surface area contributed by atoms with Gasteiger partial charge in [0.05, 0.1) is 22.4 Å². The Morgan fingerprint density at radius 2 is 1.89 bits per heavy atom. The van der Waals surface area contributed by atoms with E-state index in [9.17, 15) is 12.8 Å². The number of hydrogen-bond donors (Lipinski definition) is 3. The number of sulfonamides is 1. The van der Waals surface area contributed by atoms with Crippen molar-refractivity contribution in [3.8, 4) is 11.3 Å². The van der Waals surface area contributed by atoms with Gasteiger partial charge in [-0.1, -0.05) is 23.7 Å². The minimum Gasteiger partial charge on any atom is -0.350 e. The lowest BCUT2D eigenvalue weighted by atomic mass is 10.1. The van der Waals surface area contributed by atoms with Crippen LogP contribution in [-0.2, 0) is 10.0 Å². The molecular formula is C25H25ClFN7O2S. The van der Waals surface area contributed by atoms with Crippen molar-refractivity contribution in [1.29, 1.82) is 0 Å². The molecule has 1 saturated heterocycles. The van der Waals surface area contributed by atoms with Crippen LogP contribution in [0.15, 0.2) is 53.6 Å². The first-order valence-corrected chi connectivity index (χ1v) is 13.6. The Bertz CT molecular complexity index is 1590. The number of pyridine rings is 2. The van der Waals surface area contributed by atoms with Crippen LogP contribution in [0.25, 0.3) is 22.3 Å². The number of alkyl halides is 1. The average molecular weight is 542 g/mol. The van der Waals surface area contributed by atoms with Crippen LogP contribution in [0.5, 0.6) is 0 Å². The van der Waals surface area contributed by atoms with Gasteiger partial charge in [0.2, 0.25) is 5.95 Å². The number of benzene rings is 1. The van der Waals surface area contributed by atoms with Gasteiger partial charge in [0.15, 0.2) is 0 Å². The van der Waals surface area contributed by atoms with Crippen LogP contribution in [0, 0.1) is 13.8 Å². The zero-order chi connectivity index (χ0) is 26.2. The third kappa shape index (κ3) is 5.48. The molecule has 3 aromatic heterocycles. The summed E-state index contributed by atoms with van der Waals surface area (Å²) >= 11 is 6.06. The number of anilines is 2. The summed E-state index contributed by atoms with van der Waals surface area (Å²) in [6.07, 6.45) is 1.15. The highest BCUT2D eigenvalue weighted by molar-refractivity contribution is 7.92. The molecule has 0 unspecified atom stereocenters. The molecule has 0 radical (unpaired) electrons. The fraction of sp³-hybridized carbons (Fsp3) is 0.280. The first-order valence-electron chi connectivity index (χ1n) is 11.7. The number of hydrogen-bond acceptors (Lipinski definition) is 8. The van der Waals surface area contributed by atoms with E-state index in [4.69, 9.17) is 16.6 Å². The average Bonchev–Trinajstić information content (AvgIpc) is 2.84. The smallest absolute Gasteiger partial charge is 0.264 e. The molecule has 4 heterocycles. The van der Waals surface area contributed by atoms with Gasteiger partial charge in [-0.3, -0.25) is 4.72 Å². The molecule has 1 aromatic carbocycles. The predicted molar refractivity (Wildman–Crippen MR) is 142 cm³/mol. The topological polar surface area (TPSA) is 122 Å². The molecule has 9 nitrogen and oxygen atoms in total. The Hall–Kier alpha value is -3.41. The summed E-state index contributed by atoms with van der Waals surface area (Å²) in [5, 5.41) is 6.38. The Labute approximate surface area is 219 Å². The van der Waals surface area contributed by atoms with Gasteiger partial charge in [-0.15, -0.1) is 0 Å². The van der Waals surface area contributed by atoms with E-state index in [0.717, 1.165) is 11.1 Å². The Morgan fingerprint density at radius 1 is 1.08 bits per heavy atom. The Kier molecular flexibility index (Phi) is 6.93. The first kappa shape index (κ1) is 25.2. The van der Waals surface area contributed by atoms with Crippen LogP contribution in [-0.4, -0.2) is 53.7 Å². The van der Waals surface area contributed by atoms with Crippen LogP contribution >= 0.6 is 11.6 Å². The van der Waals surface area contributed by atoms with Crippen LogP contribution in [0.4, 0.5) is 16.2 Å². The zero-order valence-corrected chi connectivity index (χ0v) is 21.7. The number of aryl methyl sites for hydroxylation is 2. The standard InChI is InChI=1S/C25H25ClFN7O2S/c1-14-9-20(32-21-13-29-25(33-24(14)21)31-17-10-16(27)11-28-12-17)18-7-8-23(30-15(18)2)34-37(35,36)22-6-4-3-5-19(22)26/h3-9,13,16-17,28H,10-12H2,1-2H3,(H,30,34)(H,29,31,33)/t16-,17-/m0/s1. The van der Waals surface area contributed by atoms with Crippen molar-refractivity contribution < 1.29 is 12.8 Å². The second-order valence-electron chi connectivity index (χ2n) is 8.95. The molecule has 0 amide bonds. The maximum Gasteiger partial charge on any atom is 0.264 e. The molecule has 2 atom stereocenters. The highest BCUT2D eigenvalue weighted by atomic mass is 35.5. The minimum atomic E-state index is -3.90. The first-order chi connectivity index (χ1) is 17.7. The van der Waals surface area contributed by atoms with E-state index in [1.54, 1.807) is 37.4 Å². The molecule has 3 N–H and O–H groups in total. The molecule has 37 heavy (non-hydrogen) atoms. The monoisotopic (exact) mass is 541 g/mol. The summed E-state index contributed by atoms with van der Waals surface area (Å²) in [5.74, 6) is 0.601. The summed E-state index contributed by atoms with van der Waals surface area (Å²) in [7, 11) is -3.90. The van der Waals surface area contributed by atoms with Crippen LogP contribution < -0.4 is 15.4 Å². The van der Waals surface area contributed by atoms with E-state index in [1.165, 1.54) is 12.1 Å². The van der Waals surface area contributed by atoms with Gasteiger partial charge in [-0.2, -0.15) is 0 Å². The quantitative estimate of drug-likeness (QED) is 0.331. The largest absolute Gasteiger partial charge is 0.350 e. The normalized spacial score (nSPS) is 18.1. The molecule has 1 aliphatic heterocycles. The number of nitrogens with zero attached hydrogens (tertiary/aromatic N) is 4. The molecular weight excluding hydrogens is 517 g/mol. The van der Waals surface area contributed by atoms with Crippen LogP contribution in [0.2, 0.25) is 5.02 Å². The molecule has 5 rings (SSSR count). The molecule has 0 spiro atoms. The summed E-state index contributed by atoms with van der Waals surface area (Å²) in [6, 6.07) is 11.4. The third-order valence-electron chi connectivity index (χ3n) is 6.09. The number of aromatic nitrogens is 4. The van der Waals surface area contributed by atoms with E-state index in [1.807, 2.05) is 13.0 Å². The molecule has 0 saturated carbocycles. The summed E-state index contributed by atoms with van der Waals surface area (Å²) < 4.78 is 41.7. The molecule has 1 aliphatic rings. The van der Waals surface area contributed by atoms with Crippen molar-refractivity contribution in [2.45, 2.75) is 37.4 Å². The minimum absolute atomic E-state index is 0.0230. The van der Waals surface area contributed by atoms with Gasteiger partial charge in [0.1, 0.15) is 22.4 Å². The number of fused-ring (bicyclic) bond motifs is 1. The highest BCUT2D eigenvalue weighted by Gasteiger charge is 2.22. The Balaban J connectivity index is 1.39. The number of halogens is 2. The lowest BCUT2D eigenvalue weighted by molar-refractivity contribution is 0.254. The summed E-state index contributed by atoms with van der Waals surface area (Å²) in [5.41, 5.74) is 4.19. The zero-order valence-electron chi connectivity index (χ0n) is 20.2. The van der Waals surface area contributed by atoms with E-state index in [2.05, 4.69) is 30.3 Å². The Morgan fingerprint density at radius 3 is 2.65 bits per heavy atom. The van der Waals surface area contributed by atoms with E-state index in [-0.39, 0.29) is 21.8 Å². The molecule has 0 aliphatic carbocycles. The molecule has 4 aromatic rings. The fourth-order valence-corrected chi connectivity index (χ4v) is 5.84. The van der Waals surface area contributed by atoms with Crippen molar-refractivity contribution in [3.63, 3.8) is 0 Å². The second kappa shape index (κ2) is 10.2. The highest BCUT2D eigenvalue weighted by Crippen LogP contribution is 2.28. The maximum atomic E-state index is 13.7. The fourth-order valence-electron chi connectivity index (χ4n) is 4.32. The SMILES string of the molecule is Cc1nc(NS(=O)(=O)c2ccccc2Cl)ccc1-c1cc(C)c2nc(N[C@@H]3CNC[C@@H](F)C3)ncc2n1. The predicted octanol–water partition coefficient (Wildman–Crippen LogP) is 4.27. The van der Waals surface area contributed by atoms with Crippen molar-refractivity contribution in [1.82, 2.24) is 25.3 Å². The number of rotatable bonds is 6. The summed E-state index contributed by atoms with van der Waals surface area (Å²) in [6.45, 7) is 4.72. The van der Waals surface area contributed by atoms with E-state index in [0.29, 0.717) is 47.9 Å². The lowest BCUT2D eigenvalue weighted by Crippen LogP contribution is -2.44. The second-order valence-corrected chi connectivity index (χ2v) is 11.0. The van der Waals surface area contributed by atoms with Gasteiger partial charge in [0, 0.05) is 36.8 Å². The van der Waals surface area contributed by atoms with Crippen molar-refractivity contribution in [2.75, 3.05) is 23.1 Å². The molecule has 0 bridgehead atoms. The molecule has 12 heteroatoms. The van der Waals surface area contributed by atoms with E-state index >= 15 is 0 Å². The number of piperidine rings is 1. The van der Waals surface area contributed by atoms with Gasteiger partial charge in [-0.25, -0.2) is 32.7 Å². The van der Waals surface area contributed by atoms with E-state index < -0.39 is 16.2 Å². The van der Waals surface area contributed by atoms with Gasteiger partial charge >= 0.3 is 0 Å². The molecule has 192 valence electrons. The third-order valence-corrected chi connectivity index (χ3v) is 7.95. The van der Waals surface area contributed by atoms with Gasteiger partial charge in [0.25, 0.3) is 10.0 Å². The maximum absolute atomic E-state index is 13.7. The van der Waals surface area contributed by atoms with Crippen molar-refractivity contribution >= 4 is 44.4 Å². The summed E-state index contributed by atoms with van der Waals surface area (Å²) in [4.78, 5) is 18.1. The van der Waals surface area contributed by atoms with Crippen molar-refractivity contribution in [2.24, 2.45) is 0 Å². The van der Waals surface area contributed by atoms with Crippen LogP contribution in [0.3, 0.4) is 0 Å².